The summed E-state index contributed by atoms with van der Waals surface area (Å²) in [6.45, 7) is -0.258. The third-order valence-electron chi connectivity index (χ3n) is 7.54. The van der Waals surface area contributed by atoms with E-state index in [1.165, 1.54) is 11.1 Å². The first kappa shape index (κ1) is 23.0. The van der Waals surface area contributed by atoms with Gasteiger partial charge in [0.2, 0.25) is 5.91 Å². The molecule has 3 aliphatic rings. The standard InChI is InChI=1S/C23H22F5N7O/c24-17(25)11-34-21-16(9-31-34)30-10-19(32-21)35-14-1-2-15(35)7-22(6-14)8-20(36)33(12-22)18-5-13(3-4-29-18)23(26,27)28/h3-5,9-10,14-15,17H,1-2,6-8,11-12H2. The number of amides is 1. The Morgan fingerprint density at radius 3 is 2.53 bits per heavy atom. The molecule has 0 aliphatic carbocycles. The molecule has 3 saturated heterocycles. The van der Waals surface area contributed by atoms with Gasteiger partial charge in [0.25, 0.3) is 6.43 Å². The highest BCUT2D eigenvalue weighted by molar-refractivity contribution is 5.95. The van der Waals surface area contributed by atoms with Crippen LogP contribution in [0.2, 0.25) is 0 Å². The maximum atomic E-state index is 13.2. The van der Waals surface area contributed by atoms with E-state index in [-0.39, 0.29) is 35.6 Å². The number of alkyl halides is 5. The van der Waals surface area contributed by atoms with Gasteiger partial charge < -0.3 is 4.90 Å². The van der Waals surface area contributed by atoms with Gasteiger partial charge in [0, 0.05) is 36.7 Å². The molecule has 0 saturated carbocycles. The number of rotatable bonds is 4. The first-order valence-electron chi connectivity index (χ1n) is 11.7. The van der Waals surface area contributed by atoms with Crippen LogP contribution in [0.5, 0.6) is 0 Å². The van der Waals surface area contributed by atoms with Gasteiger partial charge in [-0.1, -0.05) is 0 Å². The molecule has 0 aromatic carbocycles. The number of pyridine rings is 1. The van der Waals surface area contributed by atoms with Crippen LogP contribution in [0.25, 0.3) is 11.2 Å². The van der Waals surface area contributed by atoms with Crippen LogP contribution in [-0.2, 0) is 17.5 Å². The summed E-state index contributed by atoms with van der Waals surface area (Å²) in [6, 6.07) is 1.94. The molecule has 3 fully saturated rings. The number of anilines is 2. The molecule has 8 nitrogen and oxygen atoms in total. The Morgan fingerprint density at radius 2 is 1.83 bits per heavy atom. The Kier molecular flexibility index (Phi) is 5.16. The molecule has 2 bridgehead atoms. The van der Waals surface area contributed by atoms with Crippen molar-refractivity contribution in [3.8, 4) is 0 Å². The molecule has 3 aromatic rings. The molecule has 0 radical (unpaired) electrons. The number of hydrogen-bond acceptors (Lipinski definition) is 6. The largest absolute Gasteiger partial charge is 0.416 e. The molecule has 1 spiro atoms. The molecule has 13 heteroatoms. The van der Waals surface area contributed by atoms with Crippen LogP contribution in [-0.4, -0.2) is 55.7 Å². The minimum Gasteiger partial charge on any atom is -0.349 e. The summed E-state index contributed by atoms with van der Waals surface area (Å²) in [4.78, 5) is 29.5. The van der Waals surface area contributed by atoms with E-state index in [9.17, 15) is 26.7 Å². The molecule has 6 rings (SSSR count). The summed E-state index contributed by atoms with van der Waals surface area (Å²) < 4.78 is 66.6. The van der Waals surface area contributed by atoms with Gasteiger partial charge in [-0.25, -0.2) is 28.4 Å². The predicted molar refractivity (Wildman–Crippen MR) is 118 cm³/mol. The second-order valence-corrected chi connectivity index (χ2v) is 9.91. The van der Waals surface area contributed by atoms with Gasteiger partial charge >= 0.3 is 6.18 Å². The molecule has 6 heterocycles. The Hall–Kier alpha value is -3.38. The van der Waals surface area contributed by atoms with Crippen molar-refractivity contribution in [1.29, 1.82) is 0 Å². The van der Waals surface area contributed by atoms with Gasteiger partial charge in [-0.15, -0.1) is 0 Å². The van der Waals surface area contributed by atoms with E-state index in [4.69, 9.17) is 0 Å². The topological polar surface area (TPSA) is 80.0 Å². The Morgan fingerprint density at radius 1 is 1.08 bits per heavy atom. The zero-order valence-corrected chi connectivity index (χ0v) is 19.0. The molecule has 2 atom stereocenters. The maximum absolute atomic E-state index is 13.2. The van der Waals surface area contributed by atoms with Gasteiger partial charge in [-0.2, -0.15) is 18.3 Å². The van der Waals surface area contributed by atoms with Crippen LogP contribution < -0.4 is 9.80 Å². The van der Waals surface area contributed by atoms with Crippen molar-refractivity contribution < 1.29 is 26.7 Å². The number of carbonyl (C=O) groups is 1. The lowest BCUT2D eigenvalue weighted by Crippen LogP contribution is -2.49. The summed E-state index contributed by atoms with van der Waals surface area (Å²) >= 11 is 0. The molecule has 2 unspecified atom stereocenters. The number of aromatic nitrogens is 5. The van der Waals surface area contributed by atoms with E-state index in [1.807, 2.05) is 0 Å². The average Bonchev–Trinajstić information content (AvgIpc) is 3.45. The first-order valence-corrected chi connectivity index (χ1v) is 11.7. The SMILES string of the molecule is O=C1CC2(CC3CCC(C2)N3c2cnc3cnn(CC(F)F)c3n2)CN1c1cc(C(F)(F)F)ccn1. The van der Waals surface area contributed by atoms with Crippen LogP contribution in [0.1, 0.15) is 37.7 Å². The highest BCUT2D eigenvalue weighted by Crippen LogP contribution is 2.52. The average molecular weight is 507 g/mol. The van der Waals surface area contributed by atoms with Crippen LogP contribution in [0.15, 0.2) is 30.7 Å². The summed E-state index contributed by atoms with van der Waals surface area (Å²) in [5.74, 6) is 0.374. The summed E-state index contributed by atoms with van der Waals surface area (Å²) in [5.41, 5.74) is -0.475. The first-order chi connectivity index (χ1) is 17.1. The lowest BCUT2D eigenvalue weighted by molar-refractivity contribution is -0.137. The van der Waals surface area contributed by atoms with Crippen LogP contribution in [0.3, 0.4) is 0 Å². The van der Waals surface area contributed by atoms with Crippen molar-refractivity contribution in [3.05, 3.63) is 36.3 Å². The number of hydrogen-bond donors (Lipinski definition) is 0. The number of nitrogens with zero attached hydrogens (tertiary/aromatic N) is 7. The molecule has 190 valence electrons. The minimum absolute atomic E-state index is 0.0186. The molecule has 3 aliphatic heterocycles. The van der Waals surface area contributed by atoms with Crippen molar-refractivity contribution >= 4 is 28.7 Å². The lowest BCUT2D eigenvalue weighted by atomic mass is 9.74. The van der Waals surface area contributed by atoms with Crippen molar-refractivity contribution in [3.63, 3.8) is 0 Å². The van der Waals surface area contributed by atoms with Crippen molar-refractivity contribution in [2.24, 2.45) is 5.41 Å². The quantitative estimate of drug-likeness (QED) is 0.496. The van der Waals surface area contributed by atoms with Gasteiger partial charge in [-0.3, -0.25) is 9.69 Å². The second-order valence-electron chi connectivity index (χ2n) is 9.91. The van der Waals surface area contributed by atoms with Crippen LogP contribution in [0.4, 0.5) is 33.6 Å². The van der Waals surface area contributed by atoms with E-state index in [0.717, 1.165) is 35.9 Å². The Labute approximate surface area is 202 Å². The third kappa shape index (κ3) is 3.84. The maximum Gasteiger partial charge on any atom is 0.416 e. The number of halogens is 5. The van der Waals surface area contributed by atoms with Gasteiger partial charge in [-0.05, 0) is 37.8 Å². The second kappa shape index (κ2) is 8.07. The monoisotopic (exact) mass is 507 g/mol. The third-order valence-corrected chi connectivity index (χ3v) is 7.54. The summed E-state index contributed by atoms with van der Waals surface area (Å²) in [5, 5.41) is 3.97. The highest BCUT2D eigenvalue weighted by Gasteiger charge is 2.54. The van der Waals surface area contributed by atoms with Crippen molar-refractivity contribution in [2.45, 2.75) is 63.3 Å². The zero-order valence-electron chi connectivity index (χ0n) is 19.0. The minimum atomic E-state index is -4.52. The van der Waals surface area contributed by atoms with Crippen molar-refractivity contribution in [1.82, 2.24) is 24.7 Å². The number of piperidine rings is 1. The van der Waals surface area contributed by atoms with E-state index >= 15 is 0 Å². The molecular weight excluding hydrogens is 485 g/mol. The van der Waals surface area contributed by atoms with Gasteiger partial charge in [0.05, 0.1) is 18.0 Å². The lowest BCUT2D eigenvalue weighted by Gasteiger charge is -2.45. The number of carbonyl (C=O) groups excluding carboxylic acids is 1. The fourth-order valence-electron chi connectivity index (χ4n) is 6.17. The molecule has 1 amide bonds. The normalized spacial score (nSPS) is 26.2. The van der Waals surface area contributed by atoms with Gasteiger partial charge in [0.15, 0.2) is 5.65 Å². The number of fused-ring (bicyclic) bond motifs is 3. The molecule has 0 N–H and O–H groups in total. The van der Waals surface area contributed by atoms with E-state index < -0.39 is 24.7 Å². The van der Waals surface area contributed by atoms with Gasteiger partial charge in [0.1, 0.15) is 23.7 Å². The molecular formula is C23H22F5N7O. The van der Waals surface area contributed by atoms with Crippen LogP contribution in [0, 0.1) is 5.41 Å². The van der Waals surface area contributed by atoms with E-state index in [2.05, 4.69) is 25.0 Å². The Bertz CT molecular complexity index is 1310. The van der Waals surface area contributed by atoms with E-state index in [1.54, 1.807) is 6.20 Å². The fraction of sp³-hybridized carbons (Fsp3) is 0.522. The fourth-order valence-corrected chi connectivity index (χ4v) is 6.17. The summed E-state index contributed by atoms with van der Waals surface area (Å²) in [7, 11) is 0. The highest BCUT2D eigenvalue weighted by atomic mass is 19.4. The molecule has 36 heavy (non-hydrogen) atoms. The van der Waals surface area contributed by atoms with Crippen molar-refractivity contribution in [2.75, 3.05) is 16.3 Å². The smallest absolute Gasteiger partial charge is 0.349 e. The Balaban J connectivity index is 1.25. The predicted octanol–water partition coefficient (Wildman–Crippen LogP) is 4.06. The van der Waals surface area contributed by atoms with Crippen LogP contribution >= 0.6 is 0 Å². The zero-order chi connectivity index (χ0) is 25.2. The molecule has 3 aromatic heterocycles. The summed E-state index contributed by atoms with van der Waals surface area (Å²) in [6.07, 6.45) is 0.355. The van der Waals surface area contributed by atoms with E-state index in [0.29, 0.717) is 36.4 Å².